The van der Waals surface area contributed by atoms with Gasteiger partial charge in [0.25, 0.3) is 0 Å². The standard InChI is InChI=1S/C18H10O5/c19-7-14-12-5-10-3-1-2-4-11(10)6-13(12)17(18(22)23)16(9-21)15(14)8-20/h1-9H,(H,22,23). The summed E-state index contributed by atoms with van der Waals surface area (Å²) < 4.78 is 0. The van der Waals surface area contributed by atoms with Gasteiger partial charge in [-0.2, -0.15) is 0 Å². The van der Waals surface area contributed by atoms with Crippen LogP contribution in [0, 0.1) is 0 Å². The maximum Gasteiger partial charge on any atom is 0.337 e. The van der Waals surface area contributed by atoms with E-state index in [1.54, 1.807) is 24.3 Å². The minimum atomic E-state index is -1.33. The largest absolute Gasteiger partial charge is 0.478 e. The summed E-state index contributed by atoms with van der Waals surface area (Å²) in [5.74, 6) is -1.33. The van der Waals surface area contributed by atoms with Crippen LogP contribution in [0.25, 0.3) is 21.5 Å². The van der Waals surface area contributed by atoms with E-state index < -0.39 is 5.97 Å². The van der Waals surface area contributed by atoms with Gasteiger partial charge in [0, 0.05) is 16.7 Å². The van der Waals surface area contributed by atoms with E-state index in [0.717, 1.165) is 10.8 Å². The van der Waals surface area contributed by atoms with Crippen molar-refractivity contribution >= 4 is 46.4 Å². The average molecular weight is 306 g/mol. The molecule has 0 unspecified atom stereocenters. The van der Waals surface area contributed by atoms with E-state index >= 15 is 0 Å². The second kappa shape index (κ2) is 5.46. The predicted octanol–water partition coefficient (Wildman–Crippen LogP) is 3.13. The lowest BCUT2D eigenvalue weighted by Gasteiger charge is -2.13. The van der Waals surface area contributed by atoms with E-state index in [-0.39, 0.29) is 27.6 Å². The molecule has 0 radical (unpaired) electrons. The van der Waals surface area contributed by atoms with Gasteiger partial charge in [0.1, 0.15) is 0 Å². The molecule has 0 aliphatic carbocycles. The first kappa shape index (κ1) is 14.6. The van der Waals surface area contributed by atoms with Crippen LogP contribution in [0.5, 0.6) is 0 Å². The second-order valence-corrected chi connectivity index (χ2v) is 5.02. The third-order valence-corrected chi connectivity index (χ3v) is 3.86. The molecule has 5 heteroatoms. The number of fused-ring (bicyclic) bond motifs is 2. The Labute approximate surface area is 130 Å². The highest BCUT2D eigenvalue weighted by atomic mass is 16.4. The fraction of sp³-hybridized carbons (Fsp3) is 0. The van der Waals surface area contributed by atoms with Crippen LogP contribution in [0.4, 0.5) is 0 Å². The van der Waals surface area contributed by atoms with Gasteiger partial charge < -0.3 is 5.11 Å². The van der Waals surface area contributed by atoms with E-state index in [4.69, 9.17) is 0 Å². The Hall–Kier alpha value is -3.34. The fourth-order valence-electron chi connectivity index (χ4n) is 2.85. The minimum Gasteiger partial charge on any atom is -0.478 e. The van der Waals surface area contributed by atoms with Crippen molar-refractivity contribution < 1.29 is 24.3 Å². The normalized spacial score (nSPS) is 10.6. The third kappa shape index (κ3) is 2.10. The molecule has 0 saturated heterocycles. The van der Waals surface area contributed by atoms with Crippen molar-refractivity contribution in [3.8, 4) is 0 Å². The highest BCUT2D eigenvalue weighted by Crippen LogP contribution is 2.32. The fourth-order valence-corrected chi connectivity index (χ4v) is 2.85. The quantitative estimate of drug-likeness (QED) is 0.591. The average Bonchev–Trinajstić information content (AvgIpc) is 2.57. The van der Waals surface area contributed by atoms with E-state index in [9.17, 15) is 24.3 Å². The second-order valence-electron chi connectivity index (χ2n) is 5.02. The number of carboxylic acid groups (broad SMARTS) is 1. The molecule has 0 aromatic heterocycles. The van der Waals surface area contributed by atoms with Crippen LogP contribution in [0.15, 0.2) is 36.4 Å². The smallest absolute Gasteiger partial charge is 0.337 e. The lowest BCUT2D eigenvalue weighted by molar-refractivity contribution is 0.0696. The van der Waals surface area contributed by atoms with Gasteiger partial charge in [-0.05, 0) is 33.7 Å². The molecule has 0 fully saturated rings. The molecule has 1 N–H and O–H groups in total. The van der Waals surface area contributed by atoms with E-state index in [2.05, 4.69) is 0 Å². The summed E-state index contributed by atoms with van der Waals surface area (Å²) in [5, 5.41) is 11.7. The molecule has 0 bridgehead atoms. The van der Waals surface area contributed by atoms with Gasteiger partial charge in [-0.25, -0.2) is 4.79 Å². The lowest BCUT2D eigenvalue weighted by Crippen LogP contribution is -2.10. The maximum atomic E-state index is 11.6. The number of aromatic carboxylic acids is 1. The maximum absolute atomic E-state index is 11.6. The zero-order valence-electron chi connectivity index (χ0n) is 11.8. The first-order valence-corrected chi connectivity index (χ1v) is 6.73. The molecule has 0 saturated carbocycles. The van der Waals surface area contributed by atoms with Crippen molar-refractivity contribution in [2.24, 2.45) is 0 Å². The molecule has 0 atom stereocenters. The first-order valence-electron chi connectivity index (χ1n) is 6.73. The number of benzene rings is 3. The van der Waals surface area contributed by atoms with Crippen LogP contribution in [0.1, 0.15) is 41.4 Å². The molecular formula is C18H10O5. The molecular weight excluding hydrogens is 296 g/mol. The Morgan fingerprint density at radius 2 is 1.30 bits per heavy atom. The summed E-state index contributed by atoms with van der Waals surface area (Å²) in [6.45, 7) is 0. The molecule has 3 aromatic carbocycles. The Morgan fingerprint density at radius 3 is 1.78 bits per heavy atom. The Bertz CT molecular complexity index is 1000. The third-order valence-electron chi connectivity index (χ3n) is 3.86. The SMILES string of the molecule is O=Cc1c(C=O)c(C(=O)O)c2cc3ccccc3cc2c1C=O. The van der Waals surface area contributed by atoms with Gasteiger partial charge in [0.05, 0.1) is 5.56 Å². The van der Waals surface area contributed by atoms with Gasteiger partial charge >= 0.3 is 5.97 Å². The summed E-state index contributed by atoms with van der Waals surface area (Å²) in [6.07, 6.45) is 1.11. The predicted molar refractivity (Wildman–Crippen MR) is 84.6 cm³/mol. The molecule has 112 valence electrons. The van der Waals surface area contributed by atoms with Crippen molar-refractivity contribution in [2.45, 2.75) is 0 Å². The molecule has 0 heterocycles. The van der Waals surface area contributed by atoms with Crippen LogP contribution in [-0.2, 0) is 0 Å². The lowest BCUT2D eigenvalue weighted by atomic mass is 9.89. The van der Waals surface area contributed by atoms with Gasteiger partial charge in [0.15, 0.2) is 18.9 Å². The number of carboxylic acids is 1. The molecule has 5 nitrogen and oxygen atoms in total. The number of carbonyl (C=O) groups excluding carboxylic acids is 3. The topological polar surface area (TPSA) is 88.5 Å². The van der Waals surface area contributed by atoms with Crippen molar-refractivity contribution in [3.05, 3.63) is 58.7 Å². The van der Waals surface area contributed by atoms with Crippen molar-refractivity contribution in [1.29, 1.82) is 0 Å². The van der Waals surface area contributed by atoms with Crippen LogP contribution in [0.3, 0.4) is 0 Å². The Morgan fingerprint density at radius 1 is 0.783 bits per heavy atom. The van der Waals surface area contributed by atoms with E-state index in [1.165, 1.54) is 0 Å². The first-order chi connectivity index (χ1) is 11.1. The van der Waals surface area contributed by atoms with Crippen molar-refractivity contribution in [2.75, 3.05) is 0 Å². The van der Waals surface area contributed by atoms with Crippen molar-refractivity contribution in [3.63, 3.8) is 0 Å². The van der Waals surface area contributed by atoms with Gasteiger partial charge in [-0.1, -0.05) is 24.3 Å². The van der Waals surface area contributed by atoms with Gasteiger partial charge in [0.2, 0.25) is 0 Å². The minimum absolute atomic E-state index is 0.0212. The number of carbonyl (C=O) groups is 4. The number of aldehydes is 3. The Balaban J connectivity index is 2.67. The monoisotopic (exact) mass is 306 g/mol. The van der Waals surface area contributed by atoms with Crippen LogP contribution in [-0.4, -0.2) is 29.9 Å². The molecule has 0 spiro atoms. The molecule has 0 amide bonds. The zero-order chi connectivity index (χ0) is 16.6. The van der Waals surface area contributed by atoms with Crippen molar-refractivity contribution in [1.82, 2.24) is 0 Å². The number of rotatable bonds is 4. The molecule has 0 aliphatic rings. The summed E-state index contributed by atoms with van der Waals surface area (Å²) in [5.41, 5.74) is -0.728. The number of hydrogen-bond donors (Lipinski definition) is 1. The van der Waals surface area contributed by atoms with Crippen LogP contribution < -0.4 is 0 Å². The highest BCUT2D eigenvalue weighted by molar-refractivity contribution is 6.20. The van der Waals surface area contributed by atoms with Crippen LogP contribution in [0.2, 0.25) is 0 Å². The zero-order valence-corrected chi connectivity index (χ0v) is 11.8. The molecule has 3 rings (SSSR count). The summed E-state index contributed by atoms with van der Waals surface area (Å²) in [4.78, 5) is 45.8. The summed E-state index contributed by atoms with van der Waals surface area (Å²) in [7, 11) is 0. The molecule has 23 heavy (non-hydrogen) atoms. The molecule has 0 aliphatic heterocycles. The Kier molecular flexibility index (Phi) is 3.46. The highest BCUT2D eigenvalue weighted by Gasteiger charge is 2.23. The summed E-state index contributed by atoms with van der Waals surface area (Å²) >= 11 is 0. The number of hydrogen-bond acceptors (Lipinski definition) is 4. The van der Waals surface area contributed by atoms with E-state index in [1.807, 2.05) is 12.1 Å². The summed E-state index contributed by atoms with van der Waals surface area (Å²) in [6, 6.07) is 10.5. The van der Waals surface area contributed by atoms with E-state index in [0.29, 0.717) is 24.2 Å². The van der Waals surface area contributed by atoms with Gasteiger partial charge in [-0.3, -0.25) is 14.4 Å². The van der Waals surface area contributed by atoms with Crippen LogP contribution >= 0.6 is 0 Å². The van der Waals surface area contributed by atoms with Gasteiger partial charge in [-0.15, -0.1) is 0 Å². The molecule has 3 aromatic rings.